The van der Waals surface area contributed by atoms with E-state index < -0.39 is 11.6 Å². The van der Waals surface area contributed by atoms with Gasteiger partial charge >= 0.3 is 6.03 Å². The van der Waals surface area contributed by atoms with Crippen molar-refractivity contribution in [1.82, 2.24) is 15.5 Å². The van der Waals surface area contributed by atoms with Crippen LogP contribution in [0.5, 0.6) is 0 Å². The minimum atomic E-state index is -1.02. The predicted molar refractivity (Wildman–Crippen MR) is 107 cm³/mol. The molecule has 1 spiro atoms. The van der Waals surface area contributed by atoms with Crippen molar-refractivity contribution in [3.8, 4) is 0 Å². The third kappa shape index (κ3) is 3.37. The van der Waals surface area contributed by atoms with Gasteiger partial charge in [0.25, 0.3) is 5.91 Å². The van der Waals surface area contributed by atoms with Crippen LogP contribution in [0.2, 0.25) is 0 Å². The van der Waals surface area contributed by atoms with E-state index in [-0.39, 0.29) is 42.7 Å². The molecule has 1 heterocycles. The van der Waals surface area contributed by atoms with Crippen LogP contribution in [0.1, 0.15) is 43.2 Å². The van der Waals surface area contributed by atoms with Crippen molar-refractivity contribution in [2.45, 2.75) is 50.1 Å². The zero-order valence-electron chi connectivity index (χ0n) is 15.8. The minimum absolute atomic E-state index is 0. The smallest absolute Gasteiger partial charge is 0.325 e. The van der Waals surface area contributed by atoms with Gasteiger partial charge in [-0.1, -0.05) is 37.1 Å². The number of carbonyl (C=O) groups is 3. The molecule has 4 rings (SSSR count). The van der Waals surface area contributed by atoms with E-state index in [0.717, 1.165) is 48.1 Å². The van der Waals surface area contributed by atoms with E-state index in [4.69, 9.17) is 5.73 Å². The van der Waals surface area contributed by atoms with Gasteiger partial charge in [0.1, 0.15) is 12.1 Å². The number of imide groups is 1. The van der Waals surface area contributed by atoms with E-state index in [1.54, 1.807) is 0 Å². The highest BCUT2D eigenvalue weighted by Crippen LogP contribution is 2.41. The fourth-order valence-electron chi connectivity index (χ4n) is 4.81. The Bertz CT molecular complexity index is 786. The summed E-state index contributed by atoms with van der Waals surface area (Å²) in [6, 6.07) is 7.20. The summed E-state index contributed by atoms with van der Waals surface area (Å²) >= 11 is 0. The lowest BCUT2D eigenvalue weighted by Gasteiger charge is -2.31. The van der Waals surface area contributed by atoms with E-state index in [0.29, 0.717) is 13.0 Å². The van der Waals surface area contributed by atoms with Crippen molar-refractivity contribution in [1.29, 1.82) is 0 Å². The Morgan fingerprint density at radius 1 is 1.25 bits per heavy atom. The van der Waals surface area contributed by atoms with Gasteiger partial charge in [-0.15, -0.1) is 12.4 Å². The molecule has 0 aromatic heterocycles. The molecule has 1 aromatic carbocycles. The highest BCUT2D eigenvalue weighted by molar-refractivity contribution is 6.09. The maximum atomic E-state index is 13.1. The Hall–Kier alpha value is -2.12. The number of hydrogen-bond acceptors (Lipinski definition) is 4. The molecule has 1 saturated heterocycles. The average Bonchev–Trinajstić information content (AvgIpc) is 3.16. The molecule has 1 aliphatic heterocycles. The molecule has 2 fully saturated rings. The molecule has 2 aliphatic carbocycles. The third-order valence-electron chi connectivity index (χ3n) is 6.28. The number of benzene rings is 1. The van der Waals surface area contributed by atoms with Crippen LogP contribution in [0.15, 0.2) is 24.3 Å². The lowest BCUT2D eigenvalue weighted by Crippen LogP contribution is -2.49. The summed E-state index contributed by atoms with van der Waals surface area (Å²) in [5.41, 5.74) is 6.73. The van der Waals surface area contributed by atoms with E-state index in [9.17, 15) is 14.4 Å². The number of aryl methyl sites for hydroxylation is 1. The number of amides is 4. The van der Waals surface area contributed by atoms with Crippen molar-refractivity contribution in [2.75, 3.05) is 13.1 Å². The van der Waals surface area contributed by atoms with Gasteiger partial charge < -0.3 is 16.4 Å². The highest BCUT2D eigenvalue weighted by Gasteiger charge is 2.55. The number of nitrogens with one attached hydrogen (secondary N) is 2. The molecule has 3 aliphatic rings. The highest BCUT2D eigenvalue weighted by atomic mass is 35.5. The monoisotopic (exact) mass is 406 g/mol. The first-order chi connectivity index (χ1) is 13.0. The van der Waals surface area contributed by atoms with Crippen LogP contribution in [0.4, 0.5) is 4.79 Å². The summed E-state index contributed by atoms with van der Waals surface area (Å²) in [5, 5.41) is 5.84. The van der Waals surface area contributed by atoms with Crippen LogP contribution in [-0.2, 0) is 21.5 Å². The van der Waals surface area contributed by atoms with Crippen LogP contribution in [0.3, 0.4) is 0 Å². The number of rotatable bonds is 4. The minimum Gasteiger partial charge on any atom is -0.351 e. The maximum absolute atomic E-state index is 13.1. The predicted octanol–water partition coefficient (Wildman–Crippen LogP) is 1.44. The number of urea groups is 1. The summed E-state index contributed by atoms with van der Waals surface area (Å²) in [5.74, 6) is -0.363. The van der Waals surface area contributed by atoms with Gasteiger partial charge in [-0.05, 0) is 49.3 Å². The molecule has 152 valence electrons. The van der Waals surface area contributed by atoms with Gasteiger partial charge in [0, 0.05) is 6.04 Å². The number of hydrogen-bond donors (Lipinski definition) is 3. The van der Waals surface area contributed by atoms with Crippen LogP contribution in [0.25, 0.3) is 0 Å². The molecule has 28 heavy (non-hydrogen) atoms. The van der Waals surface area contributed by atoms with Crippen molar-refractivity contribution in [3.63, 3.8) is 0 Å². The molecule has 0 radical (unpaired) electrons. The van der Waals surface area contributed by atoms with Crippen molar-refractivity contribution in [2.24, 2.45) is 11.7 Å². The van der Waals surface area contributed by atoms with Gasteiger partial charge in [0.05, 0.1) is 0 Å². The Labute approximate surface area is 170 Å². The van der Waals surface area contributed by atoms with Gasteiger partial charge in [-0.3, -0.25) is 14.5 Å². The van der Waals surface area contributed by atoms with E-state index in [1.165, 1.54) is 0 Å². The number of halogens is 1. The lowest BCUT2D eigenvalue weighted by atomic mass is 9.84. The van der Waals surface area contributed by atoms with Crippen LogP contribution in [0, 0.1) is 5.92 Å². The summed E-state index contributed by atoms with van der Waals surface area (Å²) in [6.07, 6.45) is 5.36. The fourth-order valence-corrected chi connectivity index (χ4v) is 4.81. The molecule has 0 bridgehead atoms. The summed E-state index contributed by atoms with van der Waals surface area (Å²) in [7, 11) is 0. The SMILES string of the molecule is Cl.NCC1CCCCC1NC(=O)CN1C(=O)NC2(CCc3ccccc32)C1=O. The normalized spacial score (nSPS) is 28.7. The Kier molecular flexibility index (Phi) is 5.95. The van der Waals surface area contributed by atoms with Crippen molar-refractivity contribution < 1.29 is 14.4 Å². The topological polar surface area (TPSA) is 105 Å². The Balaban J connectivity index is 0.00000225. The molecule has 4 amide bonds. The summed E-state index contributed by atoms with van der Waals surface area (Å²) in [6.45, 7) is 0.288. The van der Waals surface area contributed by atoms with Crippen LogP contribution >= 0.6 is 12.4 Å². The molecule has 7 nitrogen and oxygen atoms in total. The molecule has 1 saturated carbocycles. The first kappa shape index (κ1) is 20.6. The second-order valence-electron chi connectivity index (χ2n) is 7.84. The summed E-state index contributed by atoms with van der Waals surface area (Å²) in [4.78, 5) is 39.2. The molecular weight excluding hydrogens is 380 g/mol. The lowest BCUT2D eigenvalue weighted by molar-refractivity contribution is -0.135. The Morgan fingerprint density at radius 3 is 2.79 bits per heavy atom. The van der Waals surface area contributed by atoms with E-state index in [1.807, 2.05) is 24.3 Å². The second kappa shape index (κ2) is 8.09. The van der Waals surface area contributed by atoms with Crippen molar-refractivity contribution in [3.05, 3.63) is 35.4 Å². The zero-order valence-corrected chi connectivity index (χ0v) is 16.6. The first-order valence-corrected chi connectivity index (χ1v) is 9.77. The van der Waals surface area contributed by atoms with Gasteiger partial charge in [-0.25, -0.2) is 4.79 Å². The van der Waals surface area contributed by atoms with E-state index in [2.05, 4.69) is 10.6 Å². The average molecular weight is 407 g/mol. The molecule has 4 N–H and O–H groups in total. The van der Waals surface area contributed by atoms with E-state index >= 15 is 0 Å². The number of fused-ring (bicyclic) bond motifs is 2. The fraction of sp³-hybridized carbons (Fsp3) is 0.550. The quantitative estimate of drug-likeness (QED) is 0.658. The molecule has 1 aromatic rings. The largest absolute Gasteiger partial charge is 0.351 e. The first-order valence-electron chi connectivity index (χ1n) is 9.77. The number of nitrogens with zero attached hydrogens (tertiary/aromatic N) is 1. The van der Waals surface area contributed by atoms with Crippen LogP contribution < -0.4 is 16.4 Å². The molecular formula is C20H27ClN4O3. The number of nitrogens with two attached hydrogens (primary N) is 1. The van der Waals surface area contributed by atoms with Crippen molar-refractivity contribution >= 4 is 30.3 Å². The molecule has 3 unspecified atom stereocenters. The summed E-state index contributed by atoms with van der Waals surface area (Å²) < 4.78 is 0. The third-order valence-corrected chi connectivity index (χ3v) is 6.28. The van der Waals surface area contributed by atoms with Crippen LogP contribution in [-0.4, -0.2) is 41.9 Å². The number of carbonyl (C=O) groups excluding carboxylic acids is 3. The standard InChI is InChI=1S/C20H26N4O3.ClH/c21-11-14-6-2-4-8-16(14)22-17(25)12-24-18(26)20(23-19(24)27)10-9-13-5-1-3-7-15(13)20;/h1,3,5,7,14,16H,2,4,6,8-12,21H2,(H,22,25)(H,23,27);1H. The molecule has 8 heteroatoms. The van der Waals surface area contributed by atoms with Gasteiger partial charge in [0.15, 0.2) is 0 Å². The maximum Gasteiger partial charge on any atom is 0.325 e. The van der Waals surface area contributed by atoms with Gasteiger partial charge in [0.2, 0.25) is 5.91 Å². The second-order valence-corrected chi connectivity index (χ2v) is 7.84. The zero-order chi connectivity index (χ0) is 19.0. The molecule has 3 atom stereocenters. The van der Waals surface area contributed by atoms with Gasteiger partial charge in [-0.2, -0.15) is 0 Å². The Morgan fingerprint density at radius 2 is 2.00 bits per heavy atom.